The summed E-state index contributed by atoms with van der Waals surface area (Å²) in [5.41, 5.74) is 1.11. The number of likely N-dealkylation sites (tertiary alicyclic amines) is 1. The average Bonchev–Trinajstić information content (AvgIpc) is 2.89. The fourth-order valence-corrected chi connectivity index (χ4v) is 4.52. The lowest BCUT2D eigenvalue weighted by molar-refractivity contribution is -0.118. The second-order valence-electron chi connectivity index (χ2n) is 6.93. The first-order valence-corrected chi connectivity index (χ1v) is 9.01. The Bertz CT molecular complexity index is 522. The zero-order chi connectivity index (χ0) is 15.6. The number of piperidine rings is 1. The summed E-state index contributed by atoms with van der Waals surface area (Å²) >= 11 is 1.63. The lowest BCUT2D eigenvalue weighted by Crippen LogP contribution is -2.46. The van der Waals surface area contributed by atoms with Gasteiger partial charge in [-0.25, -0.2) is 4.98 Å². The van der Waals surface area contributed by atoms with E-state index in [1.165, 1.54) is 23.4 Å². The number of hydrogen-bond acceptors (Lipinski definition) is 5. The lowest BCUT2D eigenvalue weighted by atomic mass is 9.83. The maximum absolute atomic E-state index is 12.2. The van der Waals surface area contributed by atoms with Gasteiger partial charge in [-0.05, 0) is 45.1 Å². The number of nitrogens with one attached hydrogen (secondary N) is 1. The van der Waals surface area contributed by atoms with Crippen molar-refractivity contribution < 1.29 is 9.90 Å². The molecular weight excluding hydrogens is 298 g/mol. The van der Waals surface area contributed by atoms with Crippen molar-refractivity contribution in [2.24, 2.45) is 5.41 Å². The Kier molecular flexibility index (Phi) is 4.80. The molecule has 1 unspecified atom stereocenters. The van der Waals surface area contributed by atoms with Crippen LogP contribution in [0.4, 0.5) is 5.13 Å². The molecular formula is C16H25N3O2S. The van der Waals surface area contributed by atoms with Crippen LogP contribution in [0.2, 0.25) is 0 Å². The fourth-order valence-electron chi connectivity index (χ4n) is 3.46. The van der Waals surface area contributed by atoms with Gasteiger partial charge in [0.25, 0.3) is 0 Å². The van der Waals surface area contributed by atoms with Crippen molar-refractivity contribution in [1.29, 1.82) is 0 Å². The van der Waals surface area contributed by atoms with E-state index < -0.39 is 0 Å². The van der Waals surface area contributed by atoms with Crippen molar-refractivity contribution in [2.75, 3.05) is 31.6 Å². The normalized spacial score (nSPS) is 25.7. The van der Waals surface area contributed by atoms with Gasteiger partial charge in [-0.2, -0.15) is 0 Å². The van der Waals surface area contributed by atoms with Crippen LogP contribution in [0, 0.1) is 5.41 Å². The average molecular weight is 323 g/mol. The van der Waals surface area contributed by atoms with E-state index in [-0.39, 0.29) is 17.9 Å². The quantitative estimate of drug-likeness (QED) is 0.890. The van der Waals surface area contributed by atoms with Crippen molar-refractivity contribution in [3.8, 4) is 0 Å². The predicted molar refractivity (Wildman–Crippen MR) is 88.3 cm³/mol. The highest BCUT2D eigenvalue weighted by molar-refractivity contribution is 7.15. The van der Waals surface area contributed by atoms with Crippen molar-refractivity contribution in [3.63, 3.8) is 0 Å². The highest BCUT2D eigenvalue weighted by Gasteiger charge is 2.31. The van der Waals surface area contributed by atoms with Crippen LogP contribution < -0.4 is 5.32 Å². The van der Waals surface area contributed by atoms with Crippen LogP contribution in [0.1, 0.15) is 43.2 Å². The smallest absolute Gasteiger partial charge is 0.240 e. The summed E-state index contributed by atoms with van der Waals surface area (Å²) in [5.74, 6) is 0.00767. The minimum atomic E-state index is -0.0706. The molecule has 1 aromatic heterocycles. The summed E-state index contributed by atoms with van der Waals surface area (Å²) in [6, 6.07) is 0. The molecule has 6 heteroatoms. The minimum Gasteiger partial charge on any atom is -0.396 e. The zero-order valence-corrected chi connectivity index (χ0v) is 14.0. The molecule has 0 aromatic carbocycles. The van der Waals surface area contributed by atoms with Gasteiger partial charge in [0, 0.05) is 23.4 Å². The van der Waals surface area contributed by atoms with Gasteiger partial charge in [-0.3, -0.25) is 9.69 Å². The molecule has 0 spiro atoms. The number of aromatic nitrogens is 1. The van der Waals surface area contributed by atoms with E-state index >= 15 is 0 Å². The molecule has 0 bridgehead atoms. The van der Waals surface area contributed by atoms with E-state index in [1.807, 2.05) is 0 Å². The van der Waals surface area contributed by atoms with Gasteiger partial charge in [0.05, 0.1) is 12.2 Å². The number of rotatable bonds is 4. The fraction of sp³-hybridized carbons (Fsp3) is 0.750. The van der Waals surface area contributed by atoms with Crippen molar-refractivity contribution in [1.82, 2.24) is 9.88 Å². The topological polar surface area (TPSA) is 65.5 Å². The molecule has 1 fully saturated rings. The number of amides is 1. The monoisotopic (exact) mass is 323 g/mol. The van der Waals surface area contributed by atoms with E-state index in [0.717, 1.165) is 43.9 Å². The molecule has 0 saturated carbocycles. The molecule has 1 aliphatic carbocycles. The Hall–Kier alpha value is -0.980. The minimum absolute atomic E-state index is 0.00767. The molecule has 2 N–H and O–H groups in total. The molecule has 1 saturated heterocycles. The van der Waals surface area contributed by atoms with Gasteiger partial charge in [0.15, 0.2) is 5.13 Å². The van der Waals surface area contributed by atoms with E-state index in [0.29, 0.717) is 6.54 Å². The van der Waals surface area contributed by atoms with Crippen LogP contribution in [-0.4, -0.2) is 47.1 Å². The van der Waals surface area contributed by atoms with Gasteiger partial charge < -0.3 is 10.4 Å². The van der Waals surface area contributed by atoms with Gasteiger partial charge in [-0.1, -0.05) is 6.92 Å². The number of aliphatic hydroxyl groups is 1. The van der Waals surface area contributed by atoms with E-state index in [1.54, 1.807) is 11.3 Å². The summed E-state index contributed by atoms with van der Waals surface area (Å²) in [7, 11) is 0. The van der Waals surface area contributed by atoms with Crippen LogP contribution in [0.5, 0.6) is 0 Å². The molecule has 2 aliphatic rings. The first-order valence-electron chi connectivity index (χ1n) is 8.20. The summed E-state index contributed by atoms with van der Waals surface area (Å²) in [6.07, 6.45) is 6.65. The Morgan fingerprint density at radius 2 is 2.23 bits per heavy atom. The Morgan fingerprint density at radius 3 is 3.00 bits per heavy atom. The highest BCUT2D eigenvalue weighted by atomic mass is 32.1. The van der Waals surface area contributed by atoms with Gasteiger partial charge in [0.2, 0.25) is 5.91 Å². The molecule has 5 nitrogen and oxygen atoms in total. The van der Waals surface area contributed by atoms with Crippen LogP contribution in [0.15, 0.2) is 0 Å². The molecule has 1 aromatic rings. The second-order valence-corrected chi connectivity index (χ2v) is 8.01. The third kappa shape index (κ3) is 3.67. The Labute approximate surface area is 135 Å². The molecule has 122 valence electrons. The molecule has 22 heavy (non-hydrogen) atoms. The summed E-state index contributed by atoms with van der Waals surface area (Å²) in [5, 5.41) is 13.2. The molecule has 3 rings (SSSR count). The largest absolute Gasteiger partial charge is 0.396 e. The molecule has 1 atom stereocenters. The number of carbonyl (C=O) groups excluding carboxylic acids is 1. The molecule has 2 heterocycles. The number of thiazole rings is 1. The van der Waals surface area contributed by atoms with Crippen LogP contribution >= 0.6 is 11.3 Å². The third-order valence-corrected chi connectivity index (χ3v) is 5.77. The molecule has 1 amide bonds. The van der Waals surface area contributed by atoms with E-state index in [9.17, 15) is 9.90 Å². The van der Waals surface area contributed by atoms with Crippen LogP contribution in [-0.2, 0) is 17.6 Å². The number of aliphatic hydroxyl groups excluding tert-OH is 1. The first kappa shape index (κ1) is 15.9. The van der Waals surface area contributed by atoms with Gasteiger partial charge in [0.1, 0.15) is 0 Å². The Morgan fingerprint density at radius 1 is 1.41 bits per heavy atom. The number of anilines is 1. The number of nitrogens with zero attached hydrogens (tertiary/aromatic N) is 2. The number of hydrogen-bond donors (Lipinski definition) is 2. The Balaban J connectivity index is 1.55. The first-order chi connectivity index (χ1) is 10.6. The van der Waals surface area contributed by atoms with E-state index in [2.05, 4.69) is 22.1 Å². The highest BCUT2D eigenvalue weighted by Crippen LogP contribution is 2.30. The lowest BCUT2D eigenvalue weighted by Gasteiger charge is -2.38. The van der Waals surface area contributed by atoms with Gasteiger partial charge >= 0.3 is 0 Å². The van der Waals surface area contributed by atoms with Crippen LogP contribution in [0.25, 0.3) is 0 Å². The number of carbonyl (C=O) groups is 1. The predicted octanol–water partition coefficient (Wildman–Crippen LogP) is 2.05. The molecule has 1 aliphatic heterocycles. The molecule has 0 radical (unpaired) electrons. The summed E-state index contributed by atoms with van der Waals surface area (Å²) in [6.45, 7) is 4.37. The summed E-state index contributed by atoms with van der Waals surface area (Å²) in [4.78, 5) is 20.3. The number of fused-ring (bicyclic) bond motifs is 1. The third-order valence-electron chi connectivity index (χ3n) is 4.70. The number of aryl methyl sites for hydroxylation is 2. The van der Waals surface area contributed by atoms with Crippen molar-refractivity contribution >= 4 is 22.4 Å². The van der Waals surface area contributed by atoms with Gasteiger partial charge in [-0.15, -0.1) is 11.3 Å². The van der Waals surface area contributed by atoms with Crippen LogP contribution in [0.3, 0.4) is 0 Å². The van der Waals surface area contributed by atoms with E-state index in [4.69, 9.17) is 0 Å². The zero-order valence-electron chi connectivity index (χ0n) is 13.2. The maximum Gasteiger partial charge on any atom is 0.240 e. The summed E-state index contributed by atoms with van der Waals surface area (Å²) < 4.78 is 0. The van der Waals surface area contributed by atoms with Crippen molar-refractivity contribution in [3.05, 3.63) is 10.6 Å². The second kappa shape index (κ2) is 6.64. The SMILES string of the molecule is CC1(CO)CCCN(CC(=O)Nc2nc3c(s2)CCCC3)C1. The van der Waals surface area contributed by atoms with Crippen molar-refractivity contribution in [2.45, 2.75) is 45.4 Å². The standard InChI is InChI=1S/C16H25N3O2S/c1-16(11-20)7-4-8-19(10-16)9-14(21)18-15-17-12-5-2-3-6-13(12)22-15/h20H,2-11H2,1H3,(H,17,18,21). The maximum atomic E-state index is 12.2.